The molecule has 0 saturated carbocycles. The number of rotatable bonds is 3. The zero-order valence-corrected chi connectivity index (χ0v) is 10.2. The molecule has 0 aliphatic carbocycles. The topological polar surface area (TPSA) is 38.1 Å². The Morgan fingerprint density at radius 3 is 2.86 bits per heavy atom. The van der Waals surface area contributed by atoms with E-state index in [1.807, 2.05) is 11.6 Å². The van der Waals surface area contributed by atoms with Crippen molar-refractivity contribution in [3.8, 4) is 0 Å². The number of hydrogen-bond acceptors (Lipinski definition) is 2. The molecule has 0 fully saturated rings. The lowest BCUT2D eigenvalue weighted by Gasteiger charge is -2.15. The number of hydrogen-bond donors (Lipinski definition) is 0. The molecule has 5 heteroatoms. The average Bonchev–Trinajstić information content (AvgIpc) is 2.47. The molecular formula is C9H14BrN3O. The van der Waals surface area contributed by atoms with Gasteiger partial charge in [-0.1, -0.05) is 0 Å². The zero-order chi connectivity index (χ0) is 10.7. The molecule has 0 aliphatic rings. The fourth-order valence-corrected chi connectivity index (χ4v) is 1.58. The third kappa shape index (κ3) is 2.35. The van der Waals surface area contributed by atoms with Gasteiger partial charge in [0.05, 0.1) is 22.9 Å². The van der Waals surface area contributed by atoms with Crippen molar-refractivity contribution in [2.75, 3.05) is 7.05 Å². The highest BCUT2D eigenvalue weighted by Gasteiger charge is 2.11. The predicted octanol–water partition coefficient (Wildman–Crippen LogP) is 1.64. The maximum absolute atomic E-state index is 11.1. The van der Waals surface area contributed by atoms with E-state index in [1.165, 1.54) is 0 Å². The molecule has 0 unspecified atom stereocenters. The van der Waals surface area contributed by atoms with Crippen LogP contribution in [0.25, 0.3) is 0 Å². The van der Waals surface area contributed by atoms with Gasteiger partial charge in [-0.25, -0.2) is 0 Å². The van der Waals surface area contributed by atoms with Crippen LogP contribution in [0.3, 0.4) is 0 Å². The molecule has 0 bridgehead atoms. The smallest absolute Gasteiger partial charge is 0.219 e. The monoisotopic (exact) mass is 259 g/mol. The van der Waals surface area contributed by atoms with E-state index in [1.54, 1.807) is 25.1 Å². The first-order chi connectivity index (χ1) is 6.56. The minimum Gasteiger partial charge on any atom is -0.340 e. The maximum atomic E-state index is 11.1. The van der Waals surface area contributed by atoms with Crippen molar-refractivity contribution >= 4 is 21.8 Å². The van der Waals surface area contributed by atoms with Crippen LogP contribution in [0.2, 0.25) is 0 Å². The normalized spacial score (nSPS) is 10.3. The molecule has 0 atom stereocenters. The van der Waals surface area contributed by atoms with Crippen molar-refractivity contribution in [3.63, 3.8) is 0 Å². The molecule has 14 heavy (non-hydrogen) atoms. The van der Waals surface area contributed by atoms with Crippen molar-refractivity contribution in [2.45, 2.75) is 26.9 Å². The van der Waals surface area contributed by atoms with Crippen LogP contribution in [0, 0.1) is 0 Å². The number of aromatic nitrogens is 2. The Bertz CT molecular complexity index is 335. The molecule has 1 aromatic rings. The van der Waals surface area contributed by atoms with E-state index >= 15 is 0 Å². The van der Waals surface area contributed by atoms with E-state index in [9.17, 15) is 4.79 Å². The van der Waals surface area contributed by atoms with Crippen LogP contribution < -0.4 is 0 Å². The summed E-state index contributed by atoms with van der Waals surface area (Å²) in [6, 6.07) is 0. The molecule has 0 aromatic carbocycles. The van der Waals surface area contributed by atoms with Gasteiger partial charge in [-0.05, 0) is 22.9 Å². The Labute approximate surface area is 92.0 Å². The summed E-state index contributed by atoms with van der Waals surface area (Å²) in [7, 11) is 1.78. The summed E-state index contributed by atoms with van der Waals surface area (Å²) >= 11 is 3.41. The third-order valence-corrected chi connectivity index (χ3v) is 2.78. The summed E-state index contributed by atoms with van der Waals surface area (Å²) in [5.41, 5.74) is 1.03. The van der Waals surface area contributed by atoms with E-state index < -0.39 is 0 Å². The van der Waals surface area contributed by atoms with Crippen LogP contribution in [0.5, 0.6) is 0 Å². The molecule has 0 spiro atoms. The highest BCUT2D eigenvalue weighted by atomic mass is 79.9. The summed E-state index contributed by atoms with van der Waals surface area (Å²) in [6.45, 7) is 4.98. The summed E-state index contributed by atoms with van der Waals surface area (Å²) in [5.74, 6) is 0.0563. The van der Waals surface area contributed by atoms with Gasteiger partial charge in [-0.3, -0.25) is 9.48 Å². The van der Waals surface area contributed by atoms with E-state index in [-0.39, 0.29) is 5.91 Å². The van der Waals surface area contributed by atoms with Crippen molar-refractivity contribution in [2.24, 2.45) is 0 Å². The van der Waals surface area contributed by atoms with Gasteiger partial charge < -0.3 is 4.90 Å². The summed E-state index contributed by atoms with van der Waals surface area (Å²) in [5, 5.41) is 4.18. The number of amides is 1. The number of nitrogens with zero attached hydrogens (tertiary/aromatic N) is 3. The van der Waals surface area contributed by atoms with Gasteiger partial charge in [0.1, 0.15) is 0 Å². The quantitative estimate of drug-likeness (QED) is 0.828. The van der Waals surface area contributed by atoms with Crippen LogP contribution in [0.1, 0.15) is 19.5 Å². The Kier molecular flexibility index (Phi) is 3.69. The van der Waals surface area contributed by atoms with Crippen molar-refractivity contribution in [1.29, 1.82) is 0 Å². The molecule has 0 saturated heterocycles. The predicted molar refractivity (Wildman–Crippen MR) is 57.7 cm³/mol. The minimum absolute atomic E-state index is 0.0563. The van der Waals surface area contributed by atoms with Crippen LogP contribution >= 0.6 is 15.9 Å². The lowest BCUT2D eigenvalue weighted by atomic mass is 10.4. The average molecular weight is 260 g/mol. The third-order valence-electron chi connectivity index (χ3n) is 2.12. The zero-order valence-electron chi connectivity index (χ0n) is 8.62. The van der Waals surface area contributed by atoms with Crippen LogP contribution in [-0.4, -0.2) is 27.6 Å². The highest BCUT2D eigenvalue weighted by molar-refractivity contribution is 9.10. The second kappa shape index (κ2) is 4.59. The fourth-order valence-electron chi connectivity index (χ4n) is 1.15. The Balaban J connectivity index is 2.84. The number of carbonyl (C=O) groups excluding carboxylic acids is 1. The van der Waals surface area contributed by atoms with E-state index in [2.05, 4.69) is 21.0 Å². The molecule has 0 N–H and O–H groups in total. The SMILES string of the molecule is CCn1ncc(Br)c1CN(C)C(C)=O. The van der Waals surface area contributed by atoms with Gasteiger partial charge in [-0.2, -0.15) is 5.10 Å². The van der Waals surface area contributed by atoms with E-state index in [0.717, 1.165) is 16.7 Å². The first-order valence-electron chi connectivity index (χ1n) is 4.48. The summed E-state index contributed by atoms with van der Waals surface area (Å²) in [4.78, 5) is 12.7. The first-order valence-corrected chi connectivity index (χ1v) is 5.27. The van der Waals surface area contributed by atoms with Gasteiger partial charge in [0.2, 0.25) is 5.91 Å². The summed E-state index contributed by atoms with van der Waals surface area (Å²) in [6.07, 6.45) is 1.76. The second-order valence-corrected chi connectivity index (χ2v) is 3.98. The largest absolute Gasteiger partial charge is 0.340 e. The Morgan fingerprint density at radius 1 is 1.71 bits per heavy atom. The molecule has 1 aromatic heterocycles. The number of aryl methyl sites for hydroxylation is 1. The van der Waals surface area contributed by atoms with Gasteiger partial charge in [0.15, 0.2) is 0 Å². The summed E-state index contributed by atoms with van der Waals surface area (Å²) < 4.78 is 2.83. The van der Waals surface area contributed by atoms with Crippen LogP contribution in [-0.2, 0) is 17.9 Å². The minimum atomic E-state index is 0.0563. The van der Waals surface area contributed by atoms with Crippen molar-refractivity contribution < 1.29 is 4.79 Å². The molecular weight excluding hydrogens is 246 g/mol. The molecule has 4 nitrogen and oxygen atoms in total. The van der Waals surface area contributed by atoms with Gasteiger partial charge in [0, 0.05) is 20.5 Å². The Morgan fingerprint density at radius 2 is 2.36 bits per heavy atom. The second-order valence-electron chi connectivity index (χ2n) is 3.13. The lowest BCUT2D eigenvalue weighted by molar-refractivity contribution is -0.128. The van der Waals surface area contributed by atoms with Gasteiger partial charge in [0.25, 0.3) is 0 Å². The van der Waals surface area contributed by atoms with Crippen LogP contribution in [0.15, 0.2) is 10.7 Å². The first kappa shape index (κ1) is 11.2. The highest BCUT2D eigenvalue weighted by Crippen LogP contribution is 2.17. The molecule has 1 heterocycles. The molecule has 78 valence electrons. The maximum Gasteiger partial charge on any atom is 0.219 e. The van der Waals surface area contributed by atoms with Gasteiger partial charge >= 0.3 is 0 Å². The van der Waals surface area contributed by atoms with Gasteiger partial charge in [-0.15, -0.1) is 0 Å². The standard InChI is InChI=1S/C9H14BrN3O/c1-4-13-9(8(10)5-11-13)6-12(3)7(2)14/h5H,4,6H2,1-3H3. The van der Waals surface area contributed by atoms with Crippen molar-refractivity contribution in [1.82, 2.24) is 14.7 Å². The molecule has 0 radical (unpaired) electrons. The number of halogens is 1. The van der Waals surface area contributed by atoms with Crippen molar-refractivity contribution in [3.05, 3.63) is 16.4 Å². The van der Waals surface area contributed by atoms with E-state index in [0.29, 0.717) is 6.54 Å². The van der Waals surface area contributed by atoms with Crippen LogP contribution in [0.4, 0.5) is 0 Å². The molecule has 0 aliphatic heterocycles. The number of carbonyl (C=O) groups is 1. The fraction of sp³-hybridized carbons (Fsp3) is 0.556. The molecule has 1 rings (SSSR count). The Hall–Kier alpha value is -0.840. The van der Waals surface area contributed by atoms with E-state index in [4.69, 9.17) is 0 Å². The molecule has 1 amide bonds. The lowest BCUT2D eigenvalue weighted by Crippen LogP contribution is -2.24.